The van der Waals surface area contributed by atoms with Crippen molar-refractivity contribution >= 4 is 5.69 Å². The molecule has 0 aliphatic rings. The zero-order valence-corrected chi connectivity index (χ0v) is 12.5. The van der Waals surface area contributed by atoms with E-state index in [9.17, 15) is 0 Å². The van der Waals surface area contributed by atoms with Crippen molar-refractivity contribution in [2.45, 2.75) is 32.9 Å². The third-order valence-corrected chi connectivity index (χ3v) is 3.03. The molecule has 0 aromatic heterocycles. The van der Waals surface area contributed by atoms with Crippen LogP contribution in [0.15, 0.2) is 48.5 Å². The minimum atomic E-state index is 0.195. The SMILES string of the molecule is CC(C)Oc1ccc(CNc2ccc(CC#N)cc2)cc1. The molecule has 1 N–H and O–H groups in total. The van der Waals surface area contributed by atoms with E-state index in [4.69, 9.17) is 10.00 Å². The van der Waals surface area contributed by atoms with E-state index in [1.807, 2.05) is 50.2 Å². The first kappa shape index (κ1) is 14.9. The second-order valence-corrected chi connectivity index (χ2v) is 5.20. The summed E-state index contributed by atoms with van der Waals surface area (Å²) in [6.45, 7) is 4.80. The predicted octanol–water partition coefficient (Wildman–Crippen LogP) is 4.15. The lowest BCUT2D eigenvalue weighted by Gasteiger charge is -2.11. The van der Waals surface area contributed by atoms with Crippen molar-refractivity contribution in [3.63, 3.8) is 0 Å². The van der Waals surface area contributed by atoms with Crippen molar-refractivity contribution in [2.24, 2.45) is 0 Å². The van der Waals surface area contributed by atoms with Gasteiger partial charge in [0.1, 0.15) is 5.75 Å². The summed E-state index contributed by atoms with van der Waals surface area (Å²) in [5.74, 6) is 0.898. The number of nitrogens with one attached hydrogen (secondary N) is 1. The Kier molecular flexibility index (Phi) is 5.22. The molecule has 0 saturated carbocycles. The molecule has 2 rings (SSSR count). The van der Waals surface area contributed by atoms with Gasteiger partial charge >= 0.3 is 0 Å². The number of nitrogens with zero attached hydrogens (tertiary/aromatic N) is 1. The minimum absolute atomic E-state index is 0.195. The van der Waals surface area contributed by atoms with Gasteiger partial charge in [-0.25, -0.2) is 0 Å². The van der Waals surface area contributed by atoms with Crippen molar-refractivity contribution in [1.29, 1.82) is 5.26 Å². The second kappa shape index (κ2) is 7.35. The highest BCUT2D eigenvalue weighted by Crippen LogP contribution is 2.16. The molecule has 0 spiro atoms. The molecule has 0 radical (unpaired) electrons. The fraction of sp³-hybridized carbons (Fsp3) is 0.278. The van der Waals surface area contributed by atoms with Crippen LogP contribution in [-0.2, 0) is 13.0 Å². The topological polar surface area (TPSA) is 45.0 Å². The van der Waals surface area contributed by atoms with Gasteiger partial charge < -0.3 is 10.1 Å². The highest BCUT2D eigenvalue weighted by atomic mass is 16.5. The Morgan fingerprint density at radius 2 is 1.62 bits per heavy atom. The Morgan fingerprint density at radius 3 is 2.19 bits per heavy atom. The van der Waals surface area contributed by atoms with Crippen LogP contribution < -0.4 is 10.1 Å². The lowest BCUT2D eigenvalue weighted by molar-refractivity contribution is 0.242. The van der Waals surface area contributed by atoms with Crippen molar-refractivity contribution in [1.82, 2.24) is 0 Å². The molecule has 0 heterocycles. The van der Waals surface area contributed by atoms with Gasteiger partial charge in [-0.3, -0.25) is 0 Å². The van der Waals surface area contributed by atoms with Gasteiger partial charge in [0.15, 0.2) is 0 Å². The standard InChI is InChI=1S/C18H20N2O/c1-14(2)21-18-9-5-16(6-10-18)13-20-17-7-3-15(4-8-17)11-12-19/h3-10,14,20H,11,13H2,1-2H3. The highest BCUT2D eigenvalue weighted by Gasteiger charge is 1.99. The van der Waals surface area contributed by atoms with Gasteiger partial charge in [-0.2, -0.15) is 5.26 Å². The average Bonchev–Trinajstić information content (AvgIpc) is 2.48. The summed E-state index contributed by atoms with van der Waals surface area (Å²) < 4.78 is 5.62. The van der Waals surface area contributed by atoms with E-state index in [-0.39, 0.29) is 6.10 Å². The molecule has 0 aliphatic heterocycles. The van der Waals surface area contributed by atoms with E-state index in [2.05, 4.69) is 23.5 Å². The third kappa shape index (κ3) is 4.85. The Labute approximate surface area is 126 Å². The first-order valence-electron chi connectivity index (χ1n) is 7.13. The summed E-state index contributed by atoms with van der Waals surface area (Å²) in [6.07, 6.45) is 0.651. The van der Waals surface area contributed by atoms with Crippen LogP contribution in [0.2, 0.25) is 0 Å². The molecule has 0 amide bonds. The van der Waals surface area contributed by atoms with E-state index >= 15 is 0 Å². The van der Waals surface area contributed by atoms with Crippen molar-refractivity contribution in [3.05, 3.63) is 59.7 Å². The molecule has 0 bridgehead atoms. The Balaban J connectivity index is 1.89. The molecule has 2 aromatic carbocycles. The van der Waals surface area contributed by atoms with Gasteiger partial charge in [0.2, 0.25) is 0 Å². The smallest absolute Gasteiger partial charge is 0.119 e. The number of anilines is 1. The number of ether oxygens (including phenoxy) is 1. The summed E-state index contributed by atoms with van der Waals surface area (Å²) in [4.78, 5) is 0. The third-order valence-electron chi connectivity index (χ3n) is 3.03. The molecule has 2 aromatic rings. The highest BCUT2D eigenvalue weighted by molar-refractivity contribution is 5.45. The molecule has 0 atom stereocenters. The summed E-state index contributed by atoms with van der Waals surface area (Å²) in [7, 11) is 0. The van der Waals surface area contributed by atoms with Gasteiger partial charge in [0.05, 0.1) is 18.6 Å². The Morgan fingerprint density at radius 1 is 1.00 bits per heavy atom. The molecule has 0 fully saturated rings. The summed E-state index contributed by atoms with van der Waals surface area (Å²) >= 11 is 0. The van der Waals surface area contributed by atoms with E-state index in [1.54, 1.807) is 0 Å². The van der Waals surface area contributed by atoms with Gasteiger partial charge in [0.25, 0.3) is 0 Å². The number of hydrogen-bond acceptors (Lipinski definition) is 3. The maximum atomic E-state index is 8.64. The molecule has 21 heavy (non-hydrogen) atoms. The van der Waals surface area contributed by atoms with Crippen molar-refractivity contribution in [3.8, 4) is 11.8 Å². The van der Waals surface area contributed by atoms with E-state index < -0.39 is 0 Å². The molecule has 3 heteroatoms. The molecule has 108 valence electrons. The van der Waals surface area contributed by atoms with E-state index in [0.717, 1.165) is 23.5 Å². The summed E-state index contributed by atoms with van der Waals surface area (Å²) in [5.41, 5.74) is 3.30. The first-order chi connectivity index (χ1) is 10.2. The first-order valence-corrected chi connectivity index (χ1v) is 7.13. The van der Waals surface area contributed by atoms with E-state index in [0.29, 0.717) is 6.42 Å². The Bertz CT molecular complexity index is 595. The van der Waals surface area contributed by atoms with E-state index in [1.165, 1.54) is 5.56 Å². The lowest BCUT2D eigenvalue weighted by Crippen LogP contribution is -2.05. The molecule has 0 unspecified atom stereocenters. The predicted molar refractivity (Wildman–Crippen MR) is 85.3 cm³/mol. The molecule has 0 saturated heterocycles. The maximum absolute atomic E-state index is 8.64. The van der Waals surface area contributed by atoms with Crippen LogP contribution in [0.25, 0.3) is 0 Å². The van der Waals surface area contributed by atoms with Gasteiger partial charge in [0, 0.05) is 12.2 Å². The number of rotatable bonds is 6. The number of hydrogen-bond donors (Lipinski definition) is 1. The van der Waals surface area contributed by atoms with Crippen LogP contribution in [-0.4, -0.2) is 6.10 Å². The van der Waals surface area contributed by atoms with Crippen LogP contribution in [0, 0.1) is 11.3 Å². The molecule has 0 aliphatic carbocycles. The summed E-state index contributed by atoms with van der Waals surface area (Å²) in [5, 5.41) is 12.0. The fourth-order valence-corrected chi connectivity index (χ4v) is 1.99. The van der Waals surface area contributed by atoms with Gasteiger partial charge in [-0.15, -0.1) is 0 Å². The van der Waals surface area contributed by atoms with Gasteiger partial charge in [-0.1, -0.05) is 24.3 Å². The monoisotopic (exact) mass is 280 g/mol. The molecular formula is C18H20N2O. The Hall–Kier alpha value is -2.47. The minimum Gasteiger partial charge on any atom is -0.491 e. The molecular weight excluding hydrogens is 260 g/mol. The van der Waals surface area contributed by atoms with Crippen LogP contribution in [0.3, 0.4) is 0 Å². The van der Waals surface area contributed by atoms with Crippen molar-refractivity contribution in [2.75, 3.05) is 5.32 Å². The van der Waals surface area contributed by atoms with Crippen LogP contribution in [0.5, 0.6) is 5.75 Å². The maximum Gasteiger partial charge on any atom is 0.119 e. The van der Waals surface area contributed by atoms with Crippen LogP contribution in [0.1, 0.15) is 25.0 Å². The largest absolute Gasteiger partial charge is 0.491 e. The second-order valence-electron chi connectivity index (χ2n) is 5.20. The van der Waals surface area contributed by atoms with Crippen LogP contribution in [0.4, 0.5) is 5.69 Å². The number of nitriles is 1. The zero-order valence-electron chi connectivity index (χ0n) is 12.5. The quantitative estimate of drug-likeness (QED) is 0.864. The lowest BCUT2D eigenvalue weighted by atomic mass is 10.1. The van der Waals surface area contributed by atoms with Crippen molar-refractivity contribution < 1.29 is 4.74 Å². The van der Waals surface area contributed by atoms with Crippen LogP contribution >= 0.6 is 0 Å². The average molecular weight is 280 g/mol. The normalized spacial score (nSPS) is 10.2. The fourth-order valence-electron chi connectivity index (χ4n) is 1.99. The number of benzene rings is 2. The van der Waals surface area contributed by atoms with Gasteiger partial charge in [-0.05, 0) is 49.2 Å². The molecule has 3 nitrogen and oxygen atoms in total. The zero-order chi connectivity index (χ0) is 15.1. The summed E-state index contributed by atoms with van der Waals surface area (Å²) in [6, 6.07) is 18.2.